The number of halogens is 1. The highest BCUT2D eigenvalue weighted by atomic mass is 19.1. The summed E-state index contributed by atoms with van der Waals surface area (Å²) in [5.41, 5.74) is 2.60. The van der Waals surface area contributed by atoms with Crippen molar-refractivity contribution in [2.75, 3.05) is 0 Å². The Morgan fingerprint density at radius 3 is 2.30 bits per heavy atom. The van der Waals surface area contributed by atoms with E-state index in [0.29, 0.717) is 17.7 Å². The van der Waals surface area contributed by atoms with Gasteiger partial charge in [-0.15, -0.1) is 0 Å². The number of aromatic nitrogens is 1. The van der Waals surface area contributed by atoms with Gasteiger partial charge in [-0.3, -0.25) is 9.78 Å². The maximum atomic E-state index is 14.4. The smallest absolute Gasteiger partial charge is 0.314 e. The standard InChI is InChI=1S/C26H36FNO2/c1-4-6-7-8-9-10-11-12-13-21-14-16-24(28-19-21)22-15-17-25(23(27)18-22)30-26(29)20(3)5-2/h14-20H,4-13H2,1-3H3. The Labute approximate surface area is 181 Å². The maximum Gasteiger partial charge on any atom is 0.314 e. The Hall–Kier alpha value is -2.23. The minimum atomic E-state index is -0.547. The van der Waals surface area contributed by atoms with Gasteiger partial charge >= 0.3 is 5.97 Å². The first-order chi connectivity index (χ1) is 14.5. The molecule has 0 radical (unpaired) electrons. The number of hydrogen-bond donors (Lipinski definition) is 0. The minimum absolute atomic E-state index is 0.0321. The summed E-state index contributed by atoms with van der Waals surface area (Å²) < 4.78 is 19.5. The van der Waals surface area contributed by atoms with Crippen molar-refractivity contribution in [3.05, 3.63) is 47.9 Å². The predicted molar refractivity (Wildman–Crippen MR) is 121 cm³/mol. The molecule has 0 amide bonds. The molecule has 1 aromatic heterocycles. The summed E-state index contributed by atoms with van der Waals surface area (Å²) in [4.78, 5) is 16.4. The van der Waals surface area contributed by atoms with Crippen molar-refractivity contribution in [1.82, 2.24) is 4.98 Å². The summed E-state index contributed by atoms with van der Waals surface area (Å²) in [6, 6.07) is 8.61. The van der Waals surface area contributed by atoms with Crippen LogP contribution in [-0.4, -0.2) is 11.0 Å². The third-order valence-corrected chi connectivity index (χ3v) is 5.60. The molecular formula is C26H36FNO2. The second-order valence-electron chi connectivity index (χ2n) is 8.15. The van der Waals surface area contributed by atoms with E-state index in [-0.39, 0.29) is 11.7 Å². The van der Waals surface area contributed by atoms with E-state index >= 15 is 0 Å². The largest absolute Gasteiger partial charge is 0.423 e. The van der Waals surface area contributed by atoms with Gasteiger partial charge < -0.3 is 4.74 Å². The Morgan fingerprint density at radius 2 is 1.70 bits per heavy atom. The molecule has 0 aliphatic rings. The zero-order valence-electron chi connectivity index (χ0n) is 18.8. The molecule has 30 heavy (non-hydrogen) atoms. The summed E-state index contributed by atoms with van der Waals surface area (Å²) >= 11 is 0. The fourth-order valence-corrected chi connectivity index (χ4v) is 3.32. The number of benzene rings is 1. The van der Waals surface area contributed by atoms with Crippen molar-refractivity contribution in [2.45, 2.75) is 85.0 Å². The predicted octanol–water partition coefficient (Wildman–Crippen LogP) is 7.52. The molecule has 3 nitrogen and oxygen atoms in total. The molecule has 1 unspecified atom stereocenters. The molecule has 1 atom stereocenters. The molecule has 1 heterocycles. The Bertz CT molecular complexity index is 773. The van der Waals surface area contributed by atoms with Gasteiger partial charge in [0.1, 0.15) is 0 Å². The molecule has 0 saturated heterocycles. The van der Waals surface area contributed by atoms with E-state index in [2.05, 4.69) is 18.0 Å². The molecular weight excluding hydrogens is 377 g/mol. The number of esters is 1. The SMILES string of the molecule is CCCCCCCCCCc1ccc(-c2ccc(OC(=O)C(C)CC)c(F)c2)nc1. The van der Waals surface area contributed by atoms with Crippen LogP contribution in [0.3, 0.4) is 0 Å². The molecule has 0 saturated carbocycles. The number of unbranched alkanes of at least 4 members (excludes halogenated alkanes) is 7. The summed E-state index contributed by atoms with van der Waals surface area (Å²) in [6.07, 6.45) is 14.0. The van der Waals surface area contributed by atoms with Crippen molar-refractivity contribution < 1.29 is 13.9 Å². The molecule has 0 spiro atoms. The number of aryl methyl sites for hydroxylation is 1. The Balaban J connectivity index is 1.83. The van der Waals surface area contributed by atoms with Crippen LogP contribution in [0.25, 0.3) is 11.3 Å². The zero-order chi connectivity index (χ0) is 21.8. The van der Waals surface area contributed by atoms with Crippen LogP contribution in [0.4, 0.5) is 4.39 Å². The number of ether oxygens (including phenoxy) is 1. The molecule has 0 bridgehead atoms. The van der Waals surface area contributed by atoms with Crippen LogP contribution in [0, 0.1) is 11.7 Å². The number of hydrogen-bond acceptors (Lipinski definition) is 3. The van der Waals surface area contributed by atoms with Gasteiger partial charge in [0.15, 0.2) is 11.6 Å². The number of rotatable bonds is 13. The van der Waals surface area contributed by atoms with Crippen LogP contribution < -0.4 is 4.74 Å². The van der Waals surface area contributed by atoms with E-state index < -0.39 is 11.8 Å². The highest BCUT2D eigenvalue weighted by Gasteiger charge is 2.16. The second-order valence-corrected chi connectivity index (χ2v) is 8.15. The number of carbonyl (C=O) groups is 1. The van der Waals surface area contributed by atoms with Gasteiger partial charge in [0.25, 0.3) is 0 Å². The van der Waals surface area contributed by atoms with Gasteiger partial charge in [0, 0.05) is 11.8 Å². The molecule has 4 heteroatoms. The average Bonchev–Trinajstić information content (AvgIpc) is 2.76. The lowest BCUT2D eigenvalue weighted by molar-refractivity contribution is -0.138. The average molecular weight is 414 g/mol. The first-order valence-electron chi connectivity index (χ1n) is 11.5. The van der Waals surface area contributed by atoms with E-state index in [1.807, 2.05) is 19.2 Å². The molecule has 0 fully saturated rings. The number of nitrogens with zero attached hydrogens (tertiary/aromatic N) is 1. The maximum absolute atomic E-state index is 14.4. The fourth-order valence-electron chi connectivity index (χ4n) is 3.32. The van der Waals surface area contributed by atoms with Crippen LogP contribution >= 0.6 is 0 Å². The molecule has 0 aliphatic heterocycles. The van der Waals surface area contributed by atoms with Crippen LogP contribution in [0.1, 0.15) is 84.1 Å². The van der Waals surface area contributed by atoms with E-state index in [9.17, 15) is 9.18 Å². The van der Waals surface area contributed by atoms with E-state index in [1.165, 1.54) is 69.1 Å². The summed E-state index contributed by atoms with van der Waals surface area (Å²) in [7, 11) is 0. The van der Waals surface area contributed by atoms with Crippen LogP contribution in [0.15, 0.2) is 36.5 Å². The van der Waals surface area contributed by atoms with Gasteiger partial charge in [0.05, 0.1) is 11.6 Å². The molecule has 0 aliphatic carbocycles. The number of carbonyl (C=O) groups excluding carboxylic acids is 1. The lowest BCUT2D eigenvalue weighted by atomic mass is 10.0. The first-order valence-corrected chi connectivity index (χ1v) is 11.5. The van der Waals surface area contributed by atoms with Crippen molar-refractivity contribution in [3.8, 4) is 17.0 Å². The molecule has 1 aromatic carbocycles. The quantitative estimate of drug-likeness (QED) is 0.194. The fraction of sp³-hybridized carbons (Fsp3) is 0.538. The lowest BCUT2D eigenvalue weighted by Gasteiger charge is -2.10. The third kappa shape index (κ3) is 7.89. The van der Waals surface area contributed by atoms with E-state index in [0.717, 1.165) is 6.42 Å². The highest BCUT2D eigenvalue weighted by molar-refractivity contribution is 5.75. The zero-order valence-corrected chi connectivity index (χ0v) is 18.8. The second kappa shape index (κ2) is 13.1. The first kappa shape index (κ1) is 24.0. The third-order valence-electron chi connectivity index (χ3n) is 5.60. The highest BCUT2D eigenvalue weighted by Crippen LogP contribution is 2.25. The Morgan fingerprint density at radius 1 is 1.00 bits per heavy atom. The normalized spacial score (nSPS) is 12.0. The molecule has 164 valence electrons. The van der Waals surface area contributed by atoms with E-state index in [1.54, 1.807) is 13.0 Å². The van der Waals surface area contributed by atoms with Crippen molar-refractivity contribution >= 4 is 5.97 Å². The van der Waals surface area contributed by atoms with Gasteiger partial charge in [-0.05, 0) is 49.1 Å². The van der Waals surface area contributed by atoms with Crippen molar-refractivity contribution in [2.24, 2.45) is 5.92 Å². The molecule has 0 N–H and O–H groups in total. The minimum Gasteiger partial charge on any atom is -0.423 e. The topological polar surface area (TPSA) is 39.2 Å². The number of pyridine rings is 1. The van der Waals surface area contributed by atoms with Gasteiger partial charge in [-0.25, -0.2) is 4.39 Å². The van der Waals surface area contributed by atoms with E-state index in [4.69, 9.17) is 4.74 Å². The summed E-state index contributed by atoms with van der Waals surface area (Å²) in [5.74, 6) is -1.24. The van der Waals surface area contributed by atoms with Gasteiger partial charge in [0.2, 0.25) is 0 Å². The molecule has 2 rings (SSSR count). The summed E-state index contributed by atoms with van der Waals surface area (Å²) in [6.45, 7) is 5.92. The Kier molecular flexibility index (Phi) is 10.5. The molecule has 2 aromatic rings. The monoisotopic (exact) mass is 413 g/mol. The van der Waals surface area contributed by atoms with Gasteiger partial charge in [-0.1, -0.05) is 71.8 Å². The van der Waals surface area contributed by atoms with Crippen molar-refractivity contribution in [3.63, 3.8) is 0 Å². The lowest BCUT2D eigenvalue weighted by Crippen LogP contribution is -2.17. The van der Waals surface area contributed by atoms with Crippen molar-refractivity contribution in [1.29, 1.82) is 0 Å². The van der Waals surface area contributed by atoms with Crippen LogP contribution in [-0.2, 0) is 11.2 Å². The summed E-state index contributed by atoms with van der Waals surface area (Å²) in [5, 5.41) is 0. The van der Waals surface area contributed by atoms with Crippen LogP contribution in [0.5, 0.6) is 5.75 Å². The van der Waals surface area contributed by atoms with Gasteiger partial charge in [-0.2, -0.15) is 0 Å². The van der Waals surface area contributed by atoms with Crippen LogP contribution in [0.2, 0.25) is 0 Å².